The maximum absolute atomic E-state index is 11.7. The van der Waals surface area contributed by atoms with Crippen LogP contribution < -0.4 is 4.74 Å². The molecule has 1 N–H and O–H groups in total. The number of ether oxygens (including phenoxy) is 2. The molecule has 1 heterocycles. The van der Waals surface area contributed by atoms with Gasteiger partial charge < -0.3 is 14.6 Å². The van der Waals surface area contributed by atoms with Crippen LogP contribution in [0.1, 0.15) is 51.8 Å². The standard InChI is InChI=1S/C28H37N3O4/c1-5-13-27(33)34-20-23(32)18-30(21(3)4)19-25-26(6-2)29-31(22-14-9-7-10-15-22)28(25)35-24-16-11-8-12-17-24/h7-12,14-17,21,23,32H,5-6,13,18-20H2,1-4H3/t23-/m0/s1. The smallest absolute Gasteiger partial charge is 0.305 e. The molecule has 0 aliphatic rings. The predicted octanol–water partition coefficient (Wildman–Crippen LogP) is 5.14. The Bertz CT molecular complexity index is 1050. The van der Waals surface area contributed by atoms with Crippen molar-refractivity contribution < 1.29 is 19.4 Å². The highest BCUT2D eigenvalue weighted by Crippen LogP contribution is 2.32. The molecule has 2 aromatic carbocycles. The summed E-state index contributed by atoms with van der Waals surface area (Å²) >= 11 is 0. The lowest BCUT2D eigenvalue weighted by molar-refractivity contribution is -0.147. The van der Waals surface area contributed by atoms with E-state index in [9.17, 15) is 9.90 Å². The topological polar surface area (TPSA) is 76.8 Å². The first-order chi connectivity index (χ1) is 16.9. The van der Waals surface area contributed by atoms with E-state index in [1.165, 1.54) is 0 Å². The Hall–Kier alpha value is -3.16. The Morgan fingerprint density at radius 3 is 2.31 bits per heavy atom. The molecule has 0 bridgehead atoms. The van der Waals surface area contributed by atoms with Crippen molar-refractivity contribution in [1.82, 2.24) is 14.7 Å². The second kappa shape index (κ2) is 13.1. The average Bonchev–Trinajstić information content (AvgIpc) is 3.20. The number of benzene rings is 2. The number of carbonyl (C=O) groups is 1. The molecule has 1 aromatic heterocycles. The number of nitrogens with zero attached hydrogens (tertiary/aromatic N) is 3. The lowest BCUT2D eigenvalue weighted by Gasteiger charge is -2.29. The summed E-state index contributed by atoms with van der Waals surface area (Å²) in [5.74, 6) is 1.11. The van der Waals surface area contributed by atoms with Gasteiger partial charge in [0.1, 0.15) is 18.5 Å². The Morgan fingerprint density at radius 2 is 1.71 bits per heavy atom. The van der Waals surface area contributed by atoms with E-state index in [2.05, 4.69) is 25.7 Å². The molecule has 3 aromatic rings. The van der Waals surface area contributed by atoms with Gasteiger partial charge in [-0.05, 0) is 51.0 Å². The third kappa shape index (κ3) is 7.41. The zero-order valence-corrected chi connectivity index (χ0v) is 21.2. The van der Waals surface area contributed by atoms with Crippen LogP contribution in [0.3, 0.4) is 0 Å². The molecular weight excluding hydrogens is 442 g/mol. The van der Waals surface area contributed by atoms with Gasteiger partial charge in [0.25, 0.3) is 0 Å². The first-order valence-electron chi connectivity index (χ1n) is 12.4. The first-order valence-corrected chi connectivity index (χ1v) is 12.4. The van der Waals surface area contributed by atoms with Gasteiger partial charge in [-0.15, -0.1) is 0 Å². The zero-order chi connectivity index (χ0) is 25.2. The average molecular weight is 480 g/mol. The molecule has 3 rings (SSSR count). The van der Waals surface area contributed by atoms with Crippen molar-refractivity contribution >= 4 is 5.97 Å². The Morgan fingerprint density at radius 1 is 1.06 bits per heavy atom. The highest BCUT2D eigenvalue weighted by molar-refractivity contribution is 5.69. The van der Waals surface area contributed by atoms with Crippen LogP contribution in [0, 0.1) is 0 Å². The van der Waals surface area contributed by atoms with Crippen LogP contribution in [-0.2, 0) is 22.5 Å². The molecule has 1 atom stereocenters. The van der Waals surface area contributed by atoms with Crippen molar-refractivity contribution in [3.8, 4) is 17.3 Å². The molecule has 0 saturated carbocycles. The fraction of sp³-hybridized carbons (Fsp3) is 0.429. The Balaban J connectivity index is 1.90. The van der Waals surface area contributed by atoms with E-state index in [4.69, 9.17) is 14.6 Å². The molecule has 0 amide bonds. The van der Waals surface area contributed by atoms with E-state index in [1.54, 1.807) is 0 Å². The number of para-hydroxylation sites is 2. The maximum atomic E-state index is 11.7. The van der Waals surface area contributed by atoms with Crippen LogP contribution >= 0.6 is 0 Å². The fourth-order valence-corrected chi connectivity index (χ4v) is 3.82. The maximum Gasteiger partial charge on any atom is 0.305 e. The minimum absolute atomic E-state index is 0.0145. The van der Waals surface area contributed by atoms with E-state index in [0.29, 0.717) is 25.4 Å². The van der Waals surface area contributed by atoms with Gasteiger partial charge in [0.15, 0.2) is 0 Å². The number of hydrogen-bond donors (Lipinski definition) is 1. The monoisotopic (exact) mass is 479 g/mol. The molecule has 188 valence electrons. The van der Waals surface area contributed by atoms with Gasteiger partial charge in [-0.2, -0.15) is 5.10 Å². The molecule has 0 aliphatic heterocycles. The van der Waals surface area contributed by atoms with Crippen molar-refractivity contribution in [3.63, 3.8) is 0 Å². The van der Waals surface area contributed by atoms with Crippen LogP contribution in [0.5, 0.6) is 11.6 Å². The van der Waals surface area contributed by atoms with Crippen LogP contribution in [-0.4, -0.2) is 51.1 Å². The van der Waals surface area contributed by atoms with E-state index >= 15 is 0 Å². The number of esters is 1. The lowest BCUT2D eigenvalue weighted by atomic mass is 10.1. The van der Waals surface area contributed by atoms with Crippen LogP contribution in [0.25, 0.3) is 5.69 Å². The summed E-state index contributed by atoms with van der Waals surface area (Å²) in [7, 11) is 0. The summed E-state index contributed by atoms with van der Waals surface area (Å²) in [5.41, 5.74) is 2.83. The summed E-state index contributed by atoms with van der Waals surface area (Å²) < 4.78 is 13.5. The first kappa shape index (κ1) is 26.4. The molecule has 0 spiro atoms. The van der Waals surface area contributed by atoms with Gasteiger partial charge >= 0.3 is 5.97 Å². The van der Waals surface area contributed by atoms with E-state index in [-0.39, 0.29) is 18.6 Å². The van der Waals surface area contributed by atoms with Crippen molar-refractivity contribution in [2.45, 2.75) is 65.6 Å². The van der Waals surface area contributed by atoms with Crippen LogP contribution in [0.2, 0.25) is 0 Å². The summed E-state index contributed by atoms with van der Waals surface area (Å²) in [6, 6.07) is 19.8. The molecule has 0 aliphatic carbocycles. The number of aliphatic hydroxyl groups is 1. The number of aryl methyl sites for hydroxylation is 1. The van der Waals surface area contributed by atoms with Crippen molar-refractivity contribution in [3.05, 3.63) is 71.9 Å². The molecule has 35 heavy (non-hydrogen) atoms. The quantitative estimate of drug-likeness (QED) is 0.342. The molecule has 7 heteroatoms. The van der Waals surface area contributed by atoms with Crippen molar-refractivity contribution in [1.29, 1.82) is 0 Å². The van der Waals surface area contributed by atoms with E-state index < -0.39 is 6.10 Å². The molecule has 0 radical (unpaired) electrons. The number of aromatic nitrogens is 2. The second-order valence-electron chi connectivity index (χ2n) is 8.86. The minimum Gasteiger partial charge on any atom is -0.463 e. The highest BCUT2D eigenvalue weighted by atomic mass is 16.5. The summed E-state index contributed by atoms with van der Waals surface area (Å²) in [6.07, 6.45) is 1.04. The molecular formula is C28H37N3O4. The molecule has 7 nitrogen and oxygen atoms in total. The SMILES string of the molecule is CCCC(=O)OC[C@@H](O)CN(Cc1c(CC)nn(-c2ccccc2)c1Oc1ccccc1)C(C)C. The highest BCUT2D eigenvalue weighted by Gasteiger charge is 2.25. The molecule has 0 saturated heterocycles. The van der Waals surface area contributed by atoms with Gasteiger partial charge in [-0.3, -0.25) is 9.69 Å². The van der Waals surface area contributed by atoms with E-state index in [1.807, 2.05) is 72.3 Å². The van der Waals surface area contributed by atoms with Gasteiger partial charge in [0.05, 0.1) is 16.9 Å². The Kier molecular flexibility index (Phi) is 9.87. The Labute approximate surface area is 208 Å². The third-order valence-corrected chi connectivity index (χ3v) is 5.74. The summed E-state index contributed by atoms with van der Waals surface area (Å²) in [6.45, 7) is 9.06. The molecule has 0 unspecified atom stereocenters. The van der Waals surface area contributed by atoms with Gasteiger partial charge in [0, 0.05) is 25.6 Å². The number of carbonyl (C=O) groups excluding carboxylic acids is 1. The van der Waals surface area contributed by atoms with Crippen LogP contribution in [0.4, 0.5) is 0 Å². The van der Waals surface area contributed by atoms with E-state index in [0.717, 1.165) is 35.5 Å². The van der Waals surface area contributed by atoms with Gasteiger partial charge in [-0.1, -0.05) is 50.2 Å². The second-order valence-corrected chi connectivity index (χ2v) is 8.86. The van der Waals surface area contributed by atoms with Crippen molar-refractivity contribution in [2.24, 2.45) is 0 Å². The number of rotatable bonds is 13. The van der Waals surface area contributed by atoms with Gasteiger partial charge in [-0.25, -0.2) is 4.68 Å². The summed E-state index contributed by atoms with van der Waals surface area (Å²) in [4.78, 5) is 13.9. The fourth-order valence-electron chi connectivity index (χ4n) is 3.82. The summed E-state index contributed by atoms with van der Waals surface area (Å²) in [5, 5.41) is 15.5. The zero-order valence-electron chi connectivity index (χ0n) is 21.2. The third-order valence-electron chi connectivity index (χ3n) is 5.74. The van der Waals surface area contributed by atoms with Crippen molar-refractivity contribution in [2.75, 3.05) is 13.2 Å². The lowest BCUT2D eigenvalue weighted by Crippen LogP contribution is -2.39. The van der Waals surface area contributed by atoms with Crippen LogP contribution in [0.15, 0.2) is 60.7 Å². The number of aliphatic hydroxyl groups excluding tert-OH is 1. The molecule has 0 fully saturated rings. The minimum atomic E-state index is -0.786. The number of hydrogen-bond acceptors (Lipinski definition) is 6. The normalized spacial score (nSPS) is 12.2. The largest absolute Gasteiger partial charge is 0.463 e. The predicted molar refractivity (Wildman–Crippen MR) is 137 cm³/mol. The van der Waals surface area contributed by atoms with Gasteiger partial charge in [0.2, 0.25) is 5.88 Å².